The van der Waals surface area contributed by atoms with E-state index in [1.165, 1.54) is 0 Å². The third kappa shape index (κ3) is 5.33. The van der Waals surface area contributed by atoms with Gasteiger partial charge in [0.25, 0.3) is 5.91 Å². The van der Waals surface area contributed by atoms with Gasteiger partial charge in [0, 0.05) is 40.0 Å². The van der Waals surface area contributed by atoms with Crippen molar-refractivity contribution in [2.24, 2.45) is 0 Å². The van der Waals surface area contributed by atoms with Crippen molar-refractivity contribution in [1.29, 1.82) is 0 Å². The number of halogens is 3. The molecule has 1 amide bonds. The van der Waals surface area contributed by atoms with Crippen molar-refractivity contribution in [2.45, 2.75) is 19.6 Å². The van der Waals surface area contributed by atoms with E-state index in [0.29, 0.717) is 52.8 Å². The standard InChI is InChI=1S/C19H19Cl3N2O3/c1-12-7-13(8-18(22)23-12)19(25)24-5-6-27-14(9-24)10-26-11-15-16(20)3-2-4-17(15)21/h2-4,7-8,14H,5-6,9-11H2,1H3/t14-/m0/s1. The summed E-state index contributed by atoms with van der Waals surface area (Å²) in [6.45, 7) is 3.83. The Bertz CT molecular complexity index is 791. The van der Waals surface area contributed by atoms with Gasteiger partial charge in [-0.1, -0.05) is 40.9 Å². The van der Waals surface area contributed by atoms with Gasteiger partial charge in [-0.15, -0.1) is 0 Å². The second-order valence-corrected chi connectivity index (χ2v) is 7.48. The molecule has 0 saturated carbocycles. The molecule has 0 N–H and O–H groups in total. The Labute approximate surface area is 173 Å². The molecule has 1 aliphatic rings. The summed E-state index contributed by atoms with van der Waals surface area (Å²) in [7, 11) is 0. The van der Waals surface area contributed by atoms with Gasteiger partial charge < -0.3 is 14.4 Å². The SMILES string of the molecule is Cc1cc(C(=O)N2CCO[C@H](COCc3c(Cl)cccc3Cl)C2)cc(Cl)n1. The molecule has 0 bridgehead atoms. The van der Waals surface area contributed by atoms with E-state index in [0.717, 1.165) is 5.56 Å². The van der Waals surface area contributed by atoms with Crippen LogP contribution in [0.25, 0.3) is 0 Å². The Hall–Kier alpha value is -1.37. The highest BCUT2D eigenvalue weighted by Gasteiger charge is 2.25. The number of morpholine rings is 1. The molecule has 1 fully saturated rings. The lowest BCUT2D eigenvalue weighted by atomic mass is 10.2. The summed E-state index contributed by atoms with van der Waals surface area (Å²) in [4.78, 5) is 18.6. The predicted octanol–water partition coefficient (Wildman–Crippen LogP) is 4.41. The van der Waals surface area contributed by atoms with Crippen LogP contribution in [0.2, 0.25) is 15.2 Å². The van der Waals surface area contributed by atoms with Crippen LogP contribution in [0.5, 0.6) is 0 Å². The molecule has 0 spiro atoms. The number of pyridine rings is 1. The van der Waals surface area contributed by atoms with E-state index < -0.39 is 0 Å². The Morgan fingerprint density at radius 1 is 1.30 bits per heavy atom. The Morgan fingerprint density at radius 3 is 2.74 bits per heavy atom. The van der Waals surface area contributed by atoms with Crippen LogP contribution in [-0.2, 0) is 16.1 Å². The monoisotopic (exact) mass is 428 g/mol. The summed E-state index contributed by atoms with van der Waals surface area (Å²) >= 11 is 18.3. The fourth-order valence-corrected chi connectivity index (χ4v) is 3.66. The van der Waals surface area contributed by atoms with Gasteiger partial charge in [0.15, 0.2) is 0 Å². The molecule has 1 saturated heterocycles. The number of aryl methyl sites for hydroxylation is 1. The summed E-state index contributed by atoms with van der Waals surface area (Å²) < 4.78 is 11.4. The molecule has 0 radical (unpaired) electrons. The van der Waals surface area contributed by atoms with E-state index in [1.807, 2.05) is 0 Å². The maximum atomic E-state index is 12.7. The third-order valence-electron chi connectivity index (χ3n) is 4.21. The van der Waals surface area contributed by atoms with E-state index in [2.05, 4.69) is 4.98 Å². The summed E-state index contributed by atoms with van der Waals surface area (Å²) in [6, 6.07) is 8.64. The van der Waals surface area contributed by atoms with Gasteiger partial charge in [0.05, 0.1) is 25.9 Å². The lowest BCUT2D eigenvalue weighted by molar-refractivity contribution is -0.0647. The minimum atomic E-state index is -0.220. The van der Waals surface area contributed by atoms with Crippen molar-refractivity contribution in [1.82, 2.24) is 9.88 Å². The van der Waals surface area contributed by atoms with Crippen LogP contribution in [0.1, 0.15) is 21.6 Å². The van der Waals surface area contributed by atoms with Crippen molar-refractivity contribution in [3.05, 3.63) is 62.4 Å². The number of carbonyl (C=O) groups excluding carboxylic acids is 1. The zero-order valence-electron chi connectivity index (χ0n) is 14.8. The number of nitrogens with zero attached hydrogens (tertiary/aromatic N) is 2. The molecule has 1 aromatic carbocycles. The van der Waals surface area contributed by atoms with Crippen molar-refractivity contribution in [3.8, 4) is 0 Å². The van der Waals surface area contributed by atoms with E-state index in [1.54, 1.807) is 42.2 Å². The normalized spacial score (nSPS) is 17.2. The number of ether oxygens (including phenoxy) is 2. The van der Waals surface area contributed by atoms with E-state index >= 15 is 0 Å². The third-order valence-corrected chi connectivity index (χ3v) is 5.11. The molecule has 8 heteroatoms. The zero-order chi connectivity index (χ0) is 19.4. The van der Waals surface area contributed by atoms with Gasteiger partial charge in [-0.25, -0.2) is 4.98 Å². The largest absolute Gasteiger partial charge is 0.374 e. The Morgan fingerprint density at radius 2 is 2.04 bits per heavy atom. The smallest absolute Gasteiger partial charge is 0.254 e. The van der Waals surface area contributed by atoms with Gasteiger partial charge in [-0.3, -0.25) is 4.79 Å². The summed E-state index contributed by atoms with van der Waals surface area (Å²) in [5.74, 6) is -0.0927. The molecule has 5 nitrogen and oxygen atoms in total. The van der Waals surface area contributed by atoms with Gasteiger partial charge in [-0.2, -0.15) is 0 Å². The van der Waals surface area contributed by atoms with Crippen molar-refractivity contribution in [2.75, 3.05) is 26.3 Å². The van der Waals surface area contributed by atoms with E-state index in [4.69, 9.17) is 44.3 Å². The number of benzene rings is 1. The van der Waals surface area contributed by atoms with Crippen molar-refractivity contribution < 1.29 is 14.3 Å². The number of hydrogen-bond donors (Lipinski definition) is 0. The van der Waals surface area contributed by atoms with Crippen molar-refractivity contribution >= 4 is 40.7 Å². The fourth-order valence-electron chi connectivity index (χ4n) is 2.90. The van der Waals surface area contributed by atoms with Gasteiger partial charge in [0.2, 0.25) is 0 Å². The molecule has 1 aromatic heterocycles. The first kappa shape index (κ1) is 20.4. The first-order chi connectivity index (χ1) is 12.9. The van der Waals surface area contributed by atoms with Gasteiger partial charge in [-0.05, 0) is 31.2 Å². The second kappa shape index (κ2) is 9.22. The second-order valence-electron chi connectivity index (χ2n) is 6.28. The average molecular weight is 430 g/mol. The Balaban J connectivity index is 1.57. The summed E-state index contributed by atoms with van der Waals surface area (Å²) in [5, 5.41) is 1.44. The number of aromatic nitrogens is 1. The summed E-state index contributed by atoms with van der Waals surface area (Å²) in [6.07, 6.45) is -0.220. The van der Waals surface area contributed by atoms with Crippen LogP contribution >= 0.6 is 34.8 Å². The lowest BCUT2D eigenvalue weighted by Crippen LogP contribution is -2.47. The molecule has 1 atom stereocenters. The highest BCUT2D eigenvalue weighted by Crippen LogP contribution is 2.25. The van der Waals surface area contributed by atoms with E-state index in [9.17, 15) is 4.79 Å². The molecule has 0 unspecified atom stereocenters. The number of carbonyl (C=O) groups is 1. The van der Waals surface area contributed by atoms with Crippen LogP contribution in [0.15, 0.2) is 30.3 Å². The molecular formula is C19H19Cl3N2O3. The minimum Gasteiger partial charge on any atom is -0.374 e. The van der Waals surface area contributed by atoms with Crippen LogP contribution in [0, 0.1) is 6.92 Å². The van der Waals surface area contributed by atoms with Crippen molar-refractivity contribution in [3.63, 3.8) is 0 Å². The van der Waals surface area contributed by atoms with Gasteiger partial charge in [0.1, 0.15) is 5.15 Å². The van der Waals surface area contributed by atoms with Crippen LogP contribution in [0.3, 0.4) is 0 Å². The number of hydrogen-bond acceptors (Lipinski definition) is 4. The molecular weight excluding hydrogens is 411 g/mol. The average Bonchev–Trinajstić information content (AvgIpc) is 2.63. The van der Waals surface area contributed by atoms with Crippen LogP contribution in [0.4, 0.5) is 0 Å². The molecule has 144 valence electrons. The van der Waals surface area contributed by atoms with Crippen LogP contribution in [-0.4, -0.2) is 48.2 Å². The predicted molar refractivity (Wildman–Crippen MR) is 106 cm³/mol. The molecule has 27 heavy (non-hydrogen) atoms. The fraction of sp³-hybridized carbons (Fsp3) is 0.368. The first-order valence-electron chi connectivity index (χ1n) is 8.49. The maximum absolute atomic E-state index is 12.7. The maximum Gasteiger partial charge on any atom is 0.254 e. The quantitative estimate of drug-likeness (QED) is 0.661. The molecule has 3 rings (SSSR count). The zero-order valence-corrected chi connectivity index (χ0v) is 17.0. The number of rotatable bonds is 5. The molecule has 1 aliphatic heterocycles. The van der Waals surface area contributed by atoms with E-state index in [-0.39, 0.29) is 18.6 Å². The summed E-state index contributed by atoms with van der Waals surface area (Å²) in [5.41, 5.74) is 1.97. The topological polar surface area (TPSA) is 51.7 Å². The Kier molecular flexibility index (Phi) is 6.95. The highest BCUT2D eigenvalue weighted by molar-refractivity contribution is 6.35. The highest BCUT2D eigenvalue weighted by atomic mass is 35.5. The van der Waals surface area contributed by atoms with Crippen LogP contribution < -0.4 is 0 Å². The number of amides is 1. The molecule has 2 heterocycles. The first-order valence-corrected chi connectivity index (χ1v) is 9.63. The molecule has 2 aromatic rings. The lowest BCUT2D eigenvalue weighted by Gasteiger charge is -2.33. The van der Waals surface area contributed by atoms with Gasteiger partial charge >= 0.3 is 0 Å². The minimum absolute atomic E-state index is 0.0927. The molecule has 0 aliphatic carbocycles.